The van der Waals surface area contributed by atoms with Crippen molar-refractivity contribution in [2.45, 2.75) is 38.3 Å². The van der Waals surface area contributed by atoms with Crippen molar-refractivity contribution >= 4 is 5.97 Å². The van der Waals surface area contributed by atoms with Crippen LogP contribution in [-0.4, -0.2) is 24.7 Å². The maximum atomic E-state index is 11.0. The Morgan fingerprint density at radius 2 is 2.36 bits per heavy atom. The van der Waals surface area contributed by atoms with Crippen molar-refractivity contribution in [3.63, 3.8) is 0 Å². The zero-order valence-electron chi connectivity index (χ0n) is 7.31. The minimum Gasteiger partial charge on any atom is -0.468 e. The van der Waals surface area contributed by atoms with Gasteiger partial charge in [-0.3, -0.25) is 10.1 Å². The monoisotopic (exact) mass is 157 g/mol. The van der Waals surface area contributed by atoms with Gasteiger partial charge in [0.2, 0.25) is 0 Å². The molecule has 0 saturated carbocycles. The number of rotatable bonds is 3. The van der Waals surface area contributed by atoms with Crippen LogP contribution in [-0.2, 0) is 9.53 Å². The third kappa shape index (κ3) is 1.53. The van der Waals surface area contributed by atoms with Crippen LogP contribution < -0.4 is 5.32 Å². The van der Waals surface area contributed by atoms with Crippen LogP contribution in [0.3, 0.4) is 0 Å². The zero-order chi connectivity index (χ0) is 8.48. The summed E-state index contributed by atoms with van der Waals surface area (Å²) >= 11 is 0. The lowest BCUT2D eigenvalue weighted by Gasteiger charge is -2.04. The Kier molecular flexibility index (Phi) is 2.18. The molecule has 1 aliphatic heterocycles. The fourth-order valence-corrected chi connectivity index (χ4v) is 1.46. The van der Waals surface area contributed by atoms with E-state index >= 15 is 0 Å². The highest BCUT2D eigenvalue weighted by molar-refractivity contribution is 5.81. The molecular weight excluding hydrogens is 142 g/mol. The van der Waals surface area contributed by atoms with Crippen LogP contribution in [0.2, 0.25) is 0 Å². The van der Waals surface area contributed by atoms with E-state index in [1.54, 1.807) is 0 Å². The lowest BCUT2D eigenvalue weighted by molar-refractivity contribution is -0.140. The van der Waals surface area contributed by atoms with E-state index < -0.39 is 0 Å². The molecule has 64 valence electrons. The average molecular weight is 157 g/mol. The van der Waals surface area contributed by atoms with E-state index in [1.807, 2.05) is 0 Å². The SMILES string of the molecule is CCC[C@]1(C)N[C@@H]1C(=O)OC. The van der Waals surface area contributed by atoms with Gasteiger partial charge in [-0.2, -0.15) is 0 Å². The molecular formula is C8H15NO2. The molecule has 0 amide bonds. The van der Waals surface area contributed by atoms with Gasteiger partial charge in [-0.15, -0.1) is 0 Å². The van der Waals surface area contributed by atoms with Gasteiger partial charge in [0.15, 0.2) is 0 Å². The van der Waals surface area contributed by atoms with Crippen LogP contribution in [0.5, 0.6) is 0 Å². The number of carbonyl (C=O) groups excluding carboxylic acids is 1. The van der Waals surface area contributed by atoms with E-state index in [0.717, 1.165) is 12.8 Å². The number of carbonyl (C=O) groups is 1. The lowest BCUT2D eigenvalue weighted by Crippen LogP contribution is -2.18. The molecule has 3 nitrogen and oxygen atoms in total. The summed E-state index contributed by atoms with van der Waals surface area (Å²) in [5, 5.41) is 3.12. The predicted octanol–water partition coefficient (Wildman–Crippen LogP) is 0.690. The summed E-state index contributed by atoms with van der Waals surface area (Å²) in [6, 6.07) is -0.0625. The Bertz CT molecular complexity index is 169. The zero-order valence-corrected chi connectivity index (χ0v) is 7.31. The second kappa shape index (κ2) is 2.81. The minimum absolute atomic E-state index is 0.0157. The Balaban J connectivity index is 2.39. The van der Waals surface area contributed by atoms with Gasteiger partial charge in [0.25, 0.3) is 0 Å². The highest BCUT2D eigenvalue weighted by Crippen LogP contribution is 2.31. The molecule has 2 atom stereocenters. The van der Waals surface area contributed by atoms with Crippen LogP contribution in [0, 0.1) is 0 Å². The average Bonchev–Trinajstić information content (AvgIpc) is 2.62. The van der Waals surface area contributed by atoms with Gasteiger partial charge in [-0.25, -0.2) is 0 Å². The molecule has 1 heterocycles. The second-order valence-electron chi connectivity index (χ2n) is 3.27. The van der Waals surface area contributed by atoms with E-state index in [0.29, 0.717) is 0 Å². The topological polar surface area (TPSA) is 48.2 Å². The summed E-state index contributed by atoms with van der Waals surface area (Å²) in [6.45, 7) is 4.16. The van der Waals surface area contributed by atoms with Gasteiger partial charge in [0, 0.05) is 5.54 Å². The minimum atomic E-state index is -0.138. The molecule has 0 aliphatic carbocycles. The largest absolute Gasteiger partial charge is 0.468 e. The van der Waals surface area contributed by atoms with Crippen LogP contribution >= 0.6 is 0 Å². The number of nitrogens with one attached hydrogen (secondary N) is 1. The van der Waals surface area contributed by atoms with Gasteiger partial charge in [0.1, 0.15) is 6.04 Å². The quantitative estimate of drug-likeness (QED) is 0.484. The Morgan fingerprint density at radius 3 is 2.82 bits per heavy atom. The maximum absolute atomic E-state index is 11.0. The molecule has 0 spiro atoms. The van der Waals surface area contributed by atoms with Crippen LogP contribution in [0.25, 0.3) is 0 Å². The van der Waals surface area contributed by atoms with Gasteiger partial charge in [-0.05, 0) is 13.3 Å². The van der Waals surface area contributed by atoms with Crippen LogP contribution in [0.15, 0.2) is 0 Å². The number of ether oxygens (including phenoxy) is 1. The molecule has 3 heteroatoms. The van der Waals surface area contributed by atoms with Gasteiger partial charge >= 0.3 is 5.97 Å². The first-order valence-corrected chi connectivity index (χ1v) is 3.99. The van der Waals surface area contributed by atoms with Crippen molar-refractivity contribution in [1.29, 1.82) is 0 Å². The van der Waals surface area contributed by atoms with Crippen molar-refractivity contribution in [1.82, 2.24) is 5.32 Å². The van der Waals surface area contributed by atoms with Crippen molar-refractivity contribution in [3.8, 4) is 0 Å². The molecule has 1 rings (SSSR count). The third-order valence-electron chi connectivity index (χ3n) is 2.23. The molecule has 1 aliphatic rings. The summed E-state index contributed by atoms with van der Waals surface area (Å²) in [7, 11) is 1.43. The molecule has 1 N–H and O–H groups in total. The van der Waals surface area contributed by atoms with Crippen molar-refractivity contribution in [2.75, 3.05) is 7.11 Å². The number of hydrogen-bond donors (Lipinski definition) is 1. The predicted molar refractivity (Wildman–Crippen MR) is 42.3 cm³/mol. The molecule has 0 aromatic carbocycles. The fraction of sp³-hybridized carbons (Fsp3) is 0.875. The first kappa shape index (κ1) is 8.53. The number of esters is 1. The van der Waals surface area contributed by atoms with Crippen LogP contribution in [0.4, 0.5) is 0 Å². The summed E-state index contributed by atoms with van der Waals surface area (Å²) in [5.74, 6) is -0.138. The molecule has 0 aromatic rings. The van der Waals surface area contributed by atoms with E-state index in [2.05, 4.69) is 23.9 Å². The Morgan fingerprint density at radius 1 is 1.73 bits per heavy atom. The van der Waals surface area contributed by atoms with Crippen molar-refractivity contribution in [2.24, 2.45) is 0 Å². The van der Waals surface area contributed by atoms with Crippen molar-refractivity contribution in [3.05, 3.63) is 0 Å². The first-order chi connectivity index (χ1) is 5.14. The highest BCUT2D eigenvalue weighted by Gasteiger charge is 2.53. The van der Waals surface area contributed by atoms with E-state index in [1.165, 1.54) is 7.11 Å². The Hall–Kier alpha value is -0.570. The summed E-state index contributed by atoms with van der Waals surface area (Å²) in [4.78, 5) is 11.0. The Labute approximate surface area is 67.1 Å². The maximum Gasteiger partial charge on any atom is 0.324 e. The first-order valence-electron chi connectivity index (χ1n) is 3.99. The van der Waals surface area contributed by atoms with Gasteiger partial charge < -0.3 is 4.74 Å². The molecule has 0 aromatic heterocycles. The normalized spacial score (nSPS) is 35.0. The van der Waals surface area contributed by atoms with E-state index in [9.17, 15) is 4.79 Å². The second-order valence-corrected chi connectivity index (χ2v) is 3.27. The van der Waals surface area contributed by atoms with E-state index in [-0.39, 0.29) is 17.6 Å². The van der Waals surface area contributed by atoms with Crippen LogP contribution in [0.1, 0.15) is 26.7 Å². The third-order valence-corrected chi connectivity index (χ3v) is 2.23. The lowest BCUT2D eigenvalue weighted by atomic mass is 10.0. The molecule has 11 heavy (non-hydrogen) atoms. The molecule has 0 bridgehead atoms. The van der Waals surface area contributed by atoms with Crippen molar-refractivity contribution < 1.29 is 9.53 Å². The highest BCUT2D eigenvalue weighted by atomic mass is 16.5. The van der Waals surface area contributed by atoms with Gasteiger partial charge in [0.05, 0.1) is 7.11 Å². The number of methoxy groups -OCH3 is 1. The van der Waals surface area contributed by atoms with E-state index in [4.69, 9.17) is 0 Å². The molecule has 0 radical (unpaired) electrons. The van der Waals surface area contributed by atoms with Gasteiger partial charge in [-0.1, -0.05) is 13.3 Å². The number of hydrogen-bond acceptors (Lipinski definition) is 3. The molecule has 1 saturated heterocycles. The summed E-state index contributed by atoms with van der Waals surface area (Å²) in [5.41, 5.74) is 0.0157. The fourth-order valence-electron chi connectivity index (χ4n) is 1.46. The summed E-state index contributed by atoms with van der Waals surface area (Å²) in [6.07, 6.45) is 2.13. The molecule has 0 unspecified atom stereocenters. The smallest absolute Gasteiger partial charge is 0.324 e. The standard InChI is InChI=1S/C8H15NO2/c1-4-5-8(2)6(9-8)7(10)11-3/h6,9H,4-5H2,1-3H3/t6-,8+/m1/s1. The molecule has 1 fully saturated rings. The summed E-state index contributed by atoms with van der Waals surface area (Å²) < 4.78 is 4.61.